The Morgan fingerprint density at radius 2 is 1.77 bits per heavy atom. The fraction of sp³-hybridized carbons (Fsp3) is 0.300. The van der Waals surface area contributed by atoms with E-state index in [2.05, 4.69) is 10.6 Å². The minimum atomic E-state index is -0.344. The summed E-state index contributed by atoms with van der Waals surface area (Å²) < 4.78 is 5.44. The number of benzene rings is 2. The first kappa shape index (κ1) is 19.8. The van der Waals surface area contributed by atoms with E-state index in [1.165, 1.54) is 0 Å². The molecule has 0 bridgehead atoms. The van der Waals surface area contributed by atoms with Crippen LogP contribution in [0.3, 0.4) is 0 Å². The van der Waals surface area contributed by atoms with Gasteiger partial charge in [-0.1, -0.05) is 42.8 Å². The molecular formula is C20H23ClN2O3. The van der Waals surface area contributed by atoms with Crippen LogP contribution in [-0.2, 0) is 4.79 Å². The third kappa shape index (κ3) is 5.49. The largest absolute Gasteiger partial charge is 0.493 e. The number of rotatable bonds is 8. The molecule has 0 radical (unpaired) electrons. The van der Waals surface area contributed by atoms with Crippen molar-refractivity contribution in [2.45, 2.75) is 26.3 Å². The number of nitrogens with one attached hydrogen (secondary N) is 2. The van der Waals surface area contributed by atoms with Crippen molar-refractivity contribution < 1.29 is 14.3 Å². The van der Waals surface area contributed by atoms with Crippen LogP contribution in [0.1, 0.15) is 42.2 Å². The number of carbonyl (C=O) groups is 2. The molecule has 1 atom stereocenters. The Morgan fingerprint density at radius 3 is 2.42 bits per heavy atom. The van der Waals surface area contributed by atoms with Crippen LogP contribution in [0.15, 0.2) is 48.5 Å². The molecule has 138 valence electrons. The van der Waals surface area contributed by atoms with Crippen LogP contribution >= 0.6 is 11.6 Å². The summed E-state index contributed by atoms with van der Waals surface area (Å²) in [6.07, 6.45) is 0.731. The van der Waals surface area contributed by atoms with Crippen molar-refractivity contribution in [2.75, 3.05) is 13.2 Å². The Balaban J connectivity index is 1.93. The summed E-state index contributed by atoms with van der Waals surface area (Å²) in [5.41, 5.74) is 1.38. The van der Waals surface area contributed by atoms with Gasteiger partial charge < -0.3 is 15.4 Å². The second kappa shape index (κ2) is 9.82. The Bertz CT molecular complexity index is 747. The highest BCUT2D eigenvalue weighted by Crippen LogP contribution is 2.19. The molecule has 0 heterocycles. The van der Waals surface area contributed by atoms with Gasteiger partial charge in [-0.25, -0.2) is 0 Å². The molecule has 2 aromatic carbocycles. The first-order valence-electron chi connectivity index (χ1n) is 8.60. The van der Waals surface area contributed by atoms with Crippen LogP contribution in [0.25, 0.3) is 0 Å². The smallest absolute Gasteiger partial charge is 0.255 e. The van der Waals surface area contributed by atoms with E-state index < -0.39 is 0 Å². The molecule has 0 saturated carbocycles. The van der Waals surface area contributed by atoms with Gasteiger partial charge in [0.25, 0.3) is 5.91 Å². The van der Waals surface area contributed by atoms with Crippen LogP contribution < -0.4 is 15.4 Å². The first-order chi connectivity index (χ1) is 12.5. The average molecular weight is 375 g/mol. The van der Waals surface area contributed by atoms with Crippen LogP contribution in [0, 0.1) is 0 Å². The van der Waals surface area contributed by atoms with E-state index in [9.17, 15) is 9.59 Å². The summed E-state index contributed by atoms with van der Waals surface area (Å²) >= 11 is 5.90. The van der Waals surface area contributed by atoms with E-state index in [0.717, 1.165) is 12.0 Å². The maximum absolute atomic E-state index is 12.3. The van der Waals surface area contributed by atoms with Gasteiger partial charge in [0.15, 0.2) is 0 Å². The lowest BCUT2D eigenvalue weighted by molar-refractivity contribution is -0.120. The highest BCUT2D eigenvalue weighted by molar-refractivity contribution is 6.30. The number of halogens is 1. The summed E-state index contributed by atoms with van der Waals surface area (Å²) in [7, 11) is 0. The van der Waals surface area contributed by atoms with Crippen molar-refractivity contribution in [3.8, 4) is 5.75 Å². The monoisotopic (exact) mass is 374 g/mol. The SMILES string of the molecule is CCOc1ccccc1C(=O)NCC(=O)NC(CC)c1ccc(Cl)cc1. The molecule has 0 aliphatic rings. The van der Waals surface area contributed by atoms with Crippen LogP contribution in [0.2, 0.25) is 5.02 Å². The van der Waals surface area contributed by atoms with Crippen molar-refractivity contribution in [1.29, 1.82) is 0 Å². The fourth-order valence-electron chi connectivity index (χ4n) is 2.55. The number of amides is 2. The molecule has 5 nitrogen and oxygen atoms in total. The van der Waals surface area contributed by atoms with E-state index in [1.54, 1.807) is 36.4 Å². The van der Waals surface area contributed by atoms with Gasteiger partial charge >= 0.3 is 0 Å². The minimum absolute atomic E-state index is 0.108. The highest BCUT2D eigenvalue weighted by atomic mass is 35.5. The van der Waals surface area contributed by atoms with Gasteiger partial charge in [-0.05, 0) is 43.2 Å². The Kier molecular flexibility index (Phi) is 7.48. The van der Waals surface area contributed by atoms with Gasteiger partial charge in [-0.15, -0.1) is 0 Å². The zero-order chi connectivity index (χ0) is 18.9. The molecule has 0 spiro atoms. The molecule has 6 heteroatoms. The lowest BCUT2D eigenvalue weighted by Gasteiger charge is -2.18. The predicted octanol–water partition coefficient (Wildman–Crippen LogP) is 3.74. The van der Waals surface area contributed by atoms with Gasteiger partial charge in [-0.2, -0.15) is 0 Å². The van der Waals surface area contributed by atoms with Gasteiger partial charge in [0, 0.05) is 5.02 Å². The molecule has 0 aromatic heterocycles. The molecule has 26 heavy (non-hydrogen) atoms. The van der Waals surface area contributed by atoms with Crippen molar-refractivity contribution in [3.63, 3.8) is 0 Å². The molecule has 2 amide bonds. The standard InChI is InChI=1S/C20H23ClN2O3/c1-3-17(14-9-11-15(21)12-10-14)23-19(24)13-22-20(25)16-7-5-6-8-18(16)26-4-2/h5-12,17H,3-4,13H2,1-2H3,(H,22,25)(H,23,24). The highest BCUT2D eigenvalue weighted by Gasteiger charge is 2.15. The van der Waals surface area contributed by atoms with Crippen LogP contribution in [-0.4, -0.2) is 25.0 Å². The van der Waals surface area contributed by atoms with E-state index >= 15 is 0 Å². The molecule has 2 aromatic rings. The molecule has 0 aliphatic heterocycles. The van der Waals surface area contributed by atoms with Gasteiger partial charge in [0.05, 0.1) is 24.8 Å². The van der Waals surface area contributed by atoms with E-state index in [-0.39, 0.29) is 24.4 Å². The summed E-state index contributed by atoms with van der Waals surface area (Å²) in [5, 5.41) is 6.20. The van der Waals surface area contributed by atoms with Crippen LogP contribution in [0.5, 0.6) is 5.75 Å². The lowest BCUT2D eigenvalue weighted by atomic mass is 10.0. The lowest BCUT2D eigenvalue weighted by Crippen LogP contribution is -2.38. The van der Waals surface area contributed by atoms with Crippen molar-refractivity contribution >= 4 is 23.4 Å². The number of hydrogen-bond acceptors (Lipinski definition) is 3. The van der Waals surface area contributed by atoms with Gasteiger partial charge in [-0.3, -0.25) is 9.59 Å². The van der Waals surface area contributed by atoms with E-state index in [0.29, 0.717) is 22.9 Å². The molecule has 1 unspecified atom stereocenters. The number of para-hydroxylation sites is 1. The van der Waals surface area contributed by atoms with E-state index in [4.69, 9.17) is 16.3 Å². The summed E-state index contributed by atoms with van der Waals surface area (Å²) in [4.78, 5) is 24.5. The maximum atomic E-state index is 12.3. The summed E-state index contributed by atoms with van der Waals surface area (Å²) in [6, 6.07) is 14.2. The summed E-state index contributed by atoms with van der Waals surface area (Å²) in [5.74, 6) is -0.0988. The molecular weight excluding hydrogens is 352 g/mol. The molecule has 0 aliphatic carbocycles. The number of hydrogen-bond donors (Lipinski definition) is 2. The molecule has 0 fully saturated rings. The van der Waals surface area contributed by atoms with Crippen molar-refractivity contribution in [3.05, 3.63) is 64.7 Å². The average Bonchev–Trinajstić information content (AvgIpc) is 2.65. The number of carbonyl (C=O) groups excluding carboxylic acids is 2. The zero-order valence-corrected chi connectivity index (χ0v) is 15.7. The topological polar surface area (TPSA) is 67.4 Å². The quantitative estimate of drug-likeness (QED) is 0.739. The van der Waals surface area contributed by atoms with E-state index in [1.807, 2.05) is 26.0 Å². The fourth-order valence-corrected chi connectivity index (χ4v) is 2.68. The second-order valence-corrected chi connectivity index (χ2v) is 6.13. The zero-order valence-electron chi connectivity index (χ0n) is 14.9. The van der Waals surface area contributed by atoms with Crippen LogP contribution in [0.4, 0.5) is 0 Å². The van der Waals surface area contributed by atoms with Crippen molar-refractivity contribution in [1.82, 2.24) is 10.6 Å². The normalized spacial score (nSPS) is 11.5. The predicted molar refractivity (Wildman–Crippen MR) is 103 cm³/mol. The van der Waals surface area contributed by atoms with Gasteiger partial charge in [0.2, 0.25) is 5.91 Å². The minimum Gasteiger partial charge on any atom is -0.493 e. The van der Waals surface area contributed by atoms with Crippen molar-refractivity contribution in [2.24, 2.45) is 0 Å². The summed E-state index contributed by atoms with van der Waals surface area (Å²) in [6.45, 7) is 4.19. The Morgan fingerprint density at radius 1 is 1.08 bits per heavy atom. The van der Waals surface area contributed by atoms with Gasteiger partial charge in [0.1, 0.15) is 5.75 Å². The molecule has 2 N–H and O–H groups in total. The third-order valence-electron chi connectivity index (χ3n) is 3.86. The Labute approximate surface area is 158 Å². The molecule has 0 saturated heterocycles. The maximum Gasteiger partial charge on any atom is 0.255 e. The Hall–Kier alpha value is -2.53. The second-order valence-electron chi connectivity index (χ2n) is 5.69. The first-order valence-corrected chi connectivity index (χ1v) is 8.97. The molecule has 2 rings (SSSR count). The number of ether oxygens (including phenoxy) is 1. The third-order valence-corrected chi connectivity index (χ3v) is 4.11.